The third-order valence-corrected chi connectivity index (χ3v) is 17.6. The number of esters is 1. The molecule has 4 saturated carbocycles. The van der Waals surface area contributed by atoms with Crippen molar-refractivity contribution in [3.8, 4) is 0 Å². The molecule has 3 aromatic carbocycles. The van der Waals surface area contributed by atoms with E-state index >= 15 is 0 Å². The van der Waals surface area contributed by atoms with Crippen LogP contribution in [-0.2, 0) is 47.8 Å². The first kappa shape index (κ1) is 44.7. The Morgan fingerprint density at radius 3 is 1.98 bits per heavy atom. The van der Waals surface area contributed by atoms with E-state index in [9.17, 15) is 24.4 Å². The van der Waals surface area contributed by atoms with E-state index in [0.717, 1.165) is 61.6 Å². The van der Waals surface area contributed by atoms with Crippen molar-refractivity contribution in [1.29, 1.82) is 0 Å². The number of nitrogens with one attached hydrogen (secondary N) is 1. The maximum Gasteiger partial charge on any atom is 0.332 e. The summed E-state index contributed by atoms with van der Waals surface area (Å²) in [5, 5.41) is 25.6. The van der Waals surface area contributed by atoms with Gasteiger partial charge in [0.05, 0.1) is 37.5 Å². The van der Waals surface area contributed by atoms with E-state index in [0.29, 0.717) is 42.1 Å². The molecule has 3 aromatic rings. The number of benzene rings is 3. The normalized spacial score (nSPS) is 30.9. The smallest absolute Gasteiger partial charge is 0.332 e. The Labute approximate surface area is 357 Å². The van der Waals surface area contributed by atoms with Crippen LogP contribution >= 0.6 is 7.60 Å². The third-order valence-electron chi connectivity index (χ3n) is 15.7. The first-order chi connectivity index (χ1) is 28.9. The van der Waals surface area contributed by atoms with Crippen molar-refractivity contribution in [2.75, 3.05) is 12.7 Å². The second kappa shape index (κ2) is 19.8. The highest BCUT2D eigenvalue weighted by Crippen LogP contribution is 2.68. The molecule has 5 unspecified atom stereocenters. The van der Waals surface area contributed by atoms with Crippen LogP contribution in [0.15, 0.2) is 91.0 Å². The summed E-state index contributed by atoms with van der Waals surface area (Å²) >= 11 is 0. The highest BCUT2D eigenvalue weighted by molar-refractivity contribution is 7.53. The number of fused-ring (bicyclic) bond motifs is 5. The Bertz CT molecular complexity index is 1850. The van der Waals surface area contributed by atoms with E-state index in [-0.39, 0.29) is 67.8 Å². The van der Waals surface area contributed by atoms with Gasteiger partial charge in [0.15, 0.2) is 0 Å². The van der Waals surface area contributed by atoms with Gasteiger partial charge >= 0.3 is 13.6 Å². The standard InChI is InChI=1S/C50H68NO8P/c1-35(43-22-23-44-42-21-20-40-29-41(52)25-27-49(40,2)45(42)30-46(53)50(43,44)3)26-28-51-47(54)24-19-39(48(55)57-31-36-13-7-4-8-14-36)34-60(56,58-32-37-15-9-5-10-16-37)59-33-38-17-11-6-12-18-38/h4-18,35,39-46,52-53H,19-34H2,1-3H3,(H,51,54)/t35-,39?,40?,41-,42?,43-,44?,45?,46+,49+,50-/m1/s1. The molecule has 4 aliphatic carbocycles. The number of aliphatic hydroxyl groups excluding tert-OH is 2. The molecule has 0 spiro atoms. The molecule has 11 atom stereocenters. The van der Waals surface area contributed by atoms with Crippen molar-refractivity contribution in [3.05, 3.63) is 108 Å². The average molecular weight is 842 g/mol. The maximum absolute atomic E-state index is 14.5. The van der Waals surface area contributed by atoms with Gasteiger partial charge in [-0.1, -0.05) is 112 Å². The number of hydrogen-bond donors (Lipinski definition) is 3. The number of rotatable bonds is 18. The van der Waals surface area contributed by atoms with E-state index in [1.807, 2.05) is 91.0 Å². The van der Waals surface area contributed by atoms with E-state index in [4.69, 9.17) is 13.8 Å². The highest BCUT2D eigenvalue weighted by atomic mass is 31.2. The van der Waals surface area contributed by atoms with Crippen molar-refractivity contribution in [3.63, 3.8) is 0 Å². The van der Waals surface area contributed by atoms with E-state index in [1.54, 1.807) is 0 Å². The fourth-order valence-corrected chi connectivity index (χ4v) is 14.1. The summed E-state index contributed by atoms with van der Waals surface area (Å²) < 4.78 is 32.3. The van der Waals surface area contributed by atoms with Crippen LogP contribution in [0.3, 0.4) is 0 Å². The summed E-state index contributed by atoms with van der Waals surface area (Å²) in [4.78, 5) is 27.2. The lowest BCUT2D eigenvalue weighted by atomic mass is 9.43. The van der Waals surface area contributed by atoms with Gasteiger partial charge in [0, 0.05) is 13.0 Å². The SMILES string of the molecule is C[C@H](CCNC(=O)CCC(CP(=O)(OCc1ccccc1)OCc1ccccc1)C(=O)OCc1ccccc1)[C@H]1CCC2C3CCC4C[C@H](O)CC[C@]4(C)C3C[C@H](O)[C@@]21C. The van der Waals surface area contributed by atoms with Gasteiger partial charge in [-0.3, -0.25) is 14.2 Å². The second-order valence-electron chi connectivity index (χ2n) is 19.1. The minimum Gasteiger partial charge on any atom is -0.461 e. The van der Waals surface area contributed by atoms with Gasteiger partial charge in [0.25, 0.3) is 0 Å². The summed E-state index contributed by atoms with van der Waals surface area (Å²) in [6, 6.07) is 28.2. The topological polar surface area (TPSA) is 131 Å². The zero-order valence-electron chi connectivity index (χ0n) is 36.0. The molecule has 326 valence electrons. The number of ether oxygens (including phenoxy) is 1. The van der Waals surface area contributed by atoms with Crippen LogP contribution < -0.4 is 5.32 Å². The molecule has 1 amide bonds. The summed E-state index contributed by atoms with van der Waals surface area (Å²) in [7, 11) is -3.87. The van der Waals surface area contributed by atoms with Crippen LogP contribution in [0.4, 0.5) is 0 Å². The molecular formula is C50H68NO8P. The molecule has 60 heavy (non-hydrogen) atoms. The van der Waals surface area contributed by atoms with Gasteiger partial charge in [0.1, 0.15) is 6.61 Å². The van der Waals surface area contributed by atoms with Gasteiger partial charge in [-0.15, -0.1) is 0 Å². The summed E-state index contributed by atoms with van der Waals surface area (Å²) in [6.07, 6.45) is 8.59. The highest BCUT2D eigenvalue weighted by Gasteiger charge is 2.63. The summed E-state index contributed by atoms with van der Waals surface area (Å²) in [5.41, 5.74) is 2.54. The van der Waals surface area contributed by atoms with Crippen molar-refractivity contribution >= 4 is 19.5 Å². The molecule has 4 aliphatic rings. The van der Waals surface area contributed by atoms with Crippen molar-refractivity contribution in [2.24, 2.45) is 52.3 Å². The van der Waals surface area contributed by atoms with Gasteiger partial charge in [-0.05, 0) is 127 Å². The largest absolute Gasteiger partial charge is 0.461 e. The zero-order valence-corrected chi connectivity index (χ0v) is 36.9. The number of carbonyl (C=O) groups is 2. The van der Waals surface area contributed by atoms with E-state index in [1.165, 1.54) is 12.8 Å². The molecule has 4 fully saturated rings. The maximum atomic E-state index is 14.5. The molecule has 7 rings (SSSR count). The van der Waals surface area contributed by atoms with Gasteiger partial charge < -0.3 is 29.3 Å². The zero-order chi connectivity index (χ0) is 42.3. The Balaban J connectivity index is 0.962. The number of amides is 1. The average Bonchev–Trinajstić information content (AvgIpc) is 3.63. The van der Waals surface area contributed by atoms with Crippen molar-refractivity contribution < 1.29 is 38.2 Å². The molecule has 10 heteroatoms. The molecular weight excluding hydrogens is 774 g/mol. The quantitative estimate of drug-likeness (QED) is 0.0853. The fourth-order valence-electron chi connectivity index (χ4n) is 12.2. The van der Waals surface area contributed by atoms with E-state index < -0.39 is 19.5 Å². The van der Waals surface area contributed by atoms with Crippen LogP contribution in [0, 0.1) is 52.3 Å². The summed E-state index contributed by atoms with van der Waals surface area (Å²) in [5.74, 6) is 1.27. The first-order valence-corrected chi connectivity index (χ1v) is 24.4. The third kappa shape index (κ3) is 10.3. The minimum absolute atomic E-state index is 0.0429. The van der Waals surface area contributed by atoms with Gasteiger partial charge in [-0.2, -0.15) is 0 Å². The van der Waals surface area contributed by atoms with Crippen molar-refractivity contribution in [2.45, 2.75) is 123 Å². The van der Waals surface area contributed by atoms with Gasteiger partial charge in [-0.25, -0.2) is 0 Å². The Morgan fingerprint density at radius 1 is 0.767 bits per heavy atom. The summed E-state index contributed by atoms with van der Waals surface area (Å²) in [6.45, 7) is 7.74. The lowest BCUT2D eigenvalue weighted by Gasteiger charge is -2.62. The predicted molar refractivity (Wildman–Crippen MR) is 233 cm³/mol. The first-order valence-electron chi connectivity index (χ1n) is 22.7. The molecule has 0 bridgehead atoms. The van der Waals surface area contributed by atoms with Crippen LogP contribution in [0.1, 0.15) is 108 Å². The van der Waals surface area contributed by atoms with Crippen LogP contribution in [0.25, 0.3) is 0 Å². The monoisotopic (exact) mass is 841 g/mol. The van der Waals surface area contributed by atoms with E-state index in [2.05, 4.69) is 26.1 Å². The van der Waals surface area contributed by atoms with Crippen LogP contribution in [-0.4, -0.2) is 47.0 Å². The molecule has 0 heterocycles. The van der Waals surface area contributed by atoms with Gasteiger partial charge in [0.2, 0.25) is 5.91 Å². The lowest BCUT2D eigenvalue weighted by Crippen LogP contribution is -2.58. The molecule has 0 aromatic heterocycles. The van der Waals surface area contributed by atoms with Crippen LogP contribution in [0.2, 0.25) is 0 Å². The molecule has 9 nitrogen and oxygen atoms in total. The second-order valence-corrected chi connectivity index (χ2v) is 21.2. The minimum atomic E-state index is -3.87. The number of carbonyl (C=O) groups excluding carboxylic acids is 2. The molecule has 0 radical (unpaired) electrons. The van der Waals surface area contributed by atoms with Crippen molar-refractivity contribution in [1.82, 2.24) is 5.32 Å². The molecule has 3 N–H and O–H groups in total. The number of aliphatic hydroxyl groups is 2. The predicted octanol–water partition coefficient (Wildman–Crippen LogP) is 9.89. The molecule has 0 aliphatic heterocycles. The Morgan fingerprint density at radius 2 is 1.37 bits per heavy atom. The fraction of sp³-hybridized carbons (Fsp3) is 0.600. The Hall–Kier alpha value is -3.33. The number of hydrogen-bond acceptors (Lipinski definition) is 8. The molecule has 0 saturated heterocycles. The van der Waals surface area contributed by atoms with Crippen LogP contribution in [0.5, 0.6) is 0 Å². The lowest BCUT2D eigenvalue weighted by molar-refractivity contribution is -0.174. The Kier molecular flexibility index (Phi) is 14.8.